The molecular formula is C31H31ClFN5O4. The van der Waals surface area contributed by atoms with Gasteiger partial charge in [-0.05, 0) is 68.4 Å². The number of aromatic nitrogens is 5. The number of fused-ring (bicyclic) bond motifs is 1. The highest BCUT2D eigenvalue weighted by Crippen LogP contribution is 2.32. The molecule has 0 bridgehead atoms. The minimum Gasteiger partial charge on any atom is -0.473 e. The number of benzene rings is 1. The first-order valence-electron chi connectivity index (χ1n) is 14.2. The molecule has 0 spiro atoms. The van der Waals surface area contributed by atoms with Gasteiger partial charge >= 0.3 is 5.97 Å². The highest BCUT2D eigenvalue weighted by molar-refractivity contribution is 6.30. The minimum atomic E-state index is -0.438. The summed E-state index contributed by atoms with van der Waals surface area (Å²) in [6.07, 6.45) is 8.34. The number of nitrogens with zero attached hydrogens (tertiary/aromatic N) is 5. The van der Waals surface area contributed by atoms with E-state index in [1.807, 2.05) is 6.07 Å². The zero-order chi connectivity index (χ0) is 29.1. The predicted molar refractivity (Wildman–Crippen MR) is 155 cm³/mol. The van der Waals surface area contributed by atoms with Crippen LogP contribution in [-0.4, -0.2) is 49.8 Å². The van der Waals surface area contributed by atoms with Crippen LogP contribution in [0.2, 0.25) is 5.02 Å². The highest BCUT2D eigenvalue weighted by atomic mass is 35.5. The van der Waals surface area contributed by atoms with Crippen LogP contribution in [0.5, 0.6) is 5.88 Å². The van der Waals surface area contributed by atoms with Gasteiger partial charge in [-0.15, -0.1) is 0 Å². The summed E-state index contributed by atoms with van der Waals surface area (Å²) in [4.78, 5) is 30.9. The van der Waals surface area contributed by atoms with Gasteiger partial charge in [0.25, 0.3) is 0 Å². The van der Waals surface area contributed by atoms with Crippen LogP contribution in [0.3, 0.4) is 0 Å². The predicted octanol–water partition coefficient (Wildman–Crippen LogP) is 5.98. The van der Waals surface area contributed by atoms with E-state index in [1.54, 1.807) is 37.4 Å². The Kier molecular flexibility index (Phi) is 8.43. The normalized spacial score (nSPS) is 18.4. The molecule has 9 nitrogen and oxygen atoms in total. The molecule has 2 atom stereocenters. The first-order valence-corrected chi connectivity index (χ1v) is 14.6. The lowest BCUT2D eigenvalue weighted by atomic mass is 9.87. The van der Waals surface area contributed by atoms with Crippen molar-refractivity contribution in [2.75, 3.05) is 13.2 Å². The van der Waals surface area contributed by atoms with Crippen LogP contribution in [-0.2, 0) is 29.0 Å². The molecule has 3 aromatic heterocycles. The molecule has 1 aliphatic carbocycles. The Hall–Kier alpha value is -3.89. The quantitative estimate of drug-likeness (QED) is 0.207. The maximum atomic E-state index is 14.1. The van der Waals surface area contributed by atoms with Crippen LogP contribution >= 0.6 is 11.6 Å². The van der Waals surface area contributed by atoms with Crippen molar-refractivity contribution in [3.8, 4) is 5.88 Å². The number of rotatable bonds is 10. The van der Waals surface area contributed by atoms with Crippen molar-refractivity contribution < 1.29 is 23.4 Å². The standard InChI is InChI=1S/C31H31ClFN5O4/c1-2-40-31(39)26-10-9-25-30(36-26)38(17-23-12-14-41-23)27(35-25)15-19-3-5-20(6-4-19)29-34-13-11-28(37-29)42-18-21-7-8-22(32)16-24(21)33/h5,7-11,13,16,19,23H,2-4,6,12,14-15,17-18H2,1H3/t19?,23-/m0/s1. The fourth-order valence-electron chi connectivity index (χ4n) is 5.25. The van der Waals surface area contributed by atoms with E-state index in [2.05, 4.69) is 25.6 Å². The van der Waals surface area contributed by atoms with Crippen LogP contribution in [0.4, 0.5) is 4.39 Å². The Balaban J connectivity index is 1.15. The second kappa shape index (κ2) is 12.5. The summed E-state index contributed by atoms with van der Waals surface area (Å²) < 4.78 is 32.8. The highest BCUT2D eigenvalue weighted by Gasteiger charge is 2.26. The van der Waals surface area contributed by atoms with E-state index in [-0.39, 0.29) is 18.4 Å². The van der Waals surface area contributed by atoms with Crippen molar-refractivity contribution >= 4 is 34.3 Å². The van der Waals surface area contributed by atoms with Gasteiger partial charge in [-0.1, -0.05) is 23.7 Å². The van der Waals surface area contributed by atoms with Gasteiger partial charge in [-0.3, -0.25) is 0 Å². The number of ether oxygens (including phenoxy) is 3. The summed E-state index contributed by atoms with van der Waals surface area (Å²) in [5.74, 6) is 1.47. The van der Waals surface area contributed by atoms with E-state index in [1.165, 1.54) is 6.07 Å². The molecule has 218 valence electrons. The summed E-state index contributed by atoms with van der Waals surface area (Å²) in [6.45, 7) is 3.53. The number of allylic oxidation sites excluding steroid dienone is 2. The van der Waals surface area contributed by atoms with Gasteiger partial charge in [0.15, 0.2) is 17.2 Å². The van der Waals surface area contributed by atoms with Crippen molar-refractivity contribution in [2.24, 2.45) is 5.92 Å². The second-order valence-corrected chi connectivity index (χ2v) is 10.9. The van der Waals surface area contributed by atoms with Crippen LogP contribution in [0.25, 0.3) is 16.7 Å². The third kappa shape index (κ3) is 6.29. The number of hydrogen-bond acceptors (Lipinski definition) is 8. The van der Waals surface area contributed by atoms with E-state index in [0.29, 0.717) is 47.0 Å². The lowest BCUT2D eigenvalue weighted by molar-refractivity contribution is -0.0591. The zero-order valence-corrected chi connectivity index (χ0v) is 24.0. The summed E-state index contributed by atoms with van der Waals surface area (Å²) in [5, 5.41) is 0.340. The van der Waals surface area contributed by atoms with Crippen molar-refractivity contribution in [3.63, 3.8) is 0 Å². The largest absolute Gasteiger partial charge is 0.473 e. The first kappa shape index (κ1) is 28.2. The smallest absolute Gasteiger partial charge is 0.357 e. The number of esters is 1. The summed E-state index contributed by atoms with van der Waals surface area (Å²) in [7, 11) is 0. The lowest BCUT2D eigenvalue weighted by Crippen LogP contribution is -2.32. The molecule has 0 radical (unpaired) electrons. The number of imidazole rings is 1. The molecule has 1 aliphatic heterocycles. The maximum Gasteiger partial charge on any atom is 0.357 e. The number of hydrogen-bond donors (Lipinski definition) is 0. The SMILES string of the molecule is CCOC(=O)c1ccc2nc(CC3CC=C(c4nccc(OCc5ccc(Cl)cc5F)n4)CC3)n(C[C@@H]3CCO3)c2n1. The van der Waals surface area contributed by atoms with Gasteiger partial charge in [0.1, 0.15) is 23.8 Å². The van der Waals surface area contributed by atoms with Gasteiger partial charge in [0.2, 0.25) is 5.88 Å². The number of pyridine rings is 1. The fourth-order valence-corrected chi connectivity index (χ4v) is 5.41. The molecule has 6 rings (SSSR count). The molecule has 0 saturated carbocycles. The van der Waals surface area contributed by atoms with E-state index in [0.717, 1.165) is 55.6 Å². The Morgan fingerprint density at radius 2 is 2.05 bits per heavy atom. The molecule has 11 heteroatoms. The molecule has 1 fully saturated rings. The molecule has 4 aromatic rings. The van der Waals surface area contributed by atoms with Gasteiger partial charge in [-0.25, -0.2) is 24.1 Å². The molecule has 0 N–H and O–H groups in total. The van der Waals surface area contributed by atoms with Crippen molar-refractivity contribution in [1.29, 1.82) is 0 Å². The van der Waals surface area contributed by atoms with Crippen LogP contribution in [0, 0.1) is 11.7 Å². The van der Waals surface area contributed by atoms with Crippen LogP contribution in [0.1, 0.15) is 60.3 Å². The zero-order valence-electron chi connectivity index (χ0n) is 23.3. The number of carbonyl (C=O) groups excluding carboxylic acids is 1. The maximum absolute atomic E-state index is 14.1. The van der Waals surface area contributed by atoms with E-state index >= 15 is 0 Å². The van der Waals surface area contributed by atoms with Gasteiger partial charge < -0.3 is 18.8 Å². The third-order valence-corrected chi connectivity index (χ3v) is 7.87. The minimum absolute atomic E-state index is 0.0453. The average Bonchev–Trinajstić information content (AvgIpc) is 3.31. The Bertz CT molecular complexity index is 1640. The monoisotopic (exact) mass is 591 g/mol. The average molecular weight is 592 g/mol. The van der Waals surface area contributed by atoms with Gasteiger partial charge in [0.05, 0.1) is 19.3 Å². The van der Waals surface area contributed by atoms with Crippen molar-refractivity contribution in [2.45, 2.75) is 58.3 Å². The molecule has 2 aliphatic rings. The number of carbonyl (C=O) groups is 1. The molecule has 1 unspecified atom stereocenters. The number of halogens is 2. The summed E-state index contributed by atoms with van der Waals surface area (Å²) >= 11 is 5.84. The van der Waals surface area contributed by atoms with Gasteiger partial charge in [-0.2, -0.15) is 4.98 Å². The summed E-state index contributed by atoms with van der Waals surface area (Å²) in [5.41, 5.74) is 3.18. The molecule has 4 heterocycles. The first-order chi connectivity index (χ1) is 20.5. The molecule has 42 heavy (non-hydrogen) atoms. The third-order valence-electron chi connectivity index (χ3n) is 7.63. The Labute approximate surface area is 247 Å². The summed E-state index contributed by atoms with van der Waals surface area (Å²) in [6, 6.07) is 9.67. The fraction of sp³-hybridized carbons (Fsp3) is 0.387. The second-order valence-electron chi connectivity index (χ2n) is 10.5. The van der Waals surface area contributed by atoms with Crippen molar-refractivity contribution in [3.05, 3.63) is 82.4 Å². The molecule has 0 amide bonds. The topological polar surface area (TPSA) is 101 Å². The Morgan fingerprint density at radius 1 is 1.17 bits per heavy atom. The van der Waals surface area contributed by atoms with E-state index in [9.17, 15) is 9.18 Å². The molecule has 1 aromatic carbocycles. The van der Waals surface area contributed by atoms with E-state index in [4.69, 9.17) is 30.8 Å². The van der Waals surface area contributed by atoms with Crippen LogP contribution < -0.4 is 4.74 Å². The Morgan fingerprint density at radius 3 is 2.79 bits per heavy atom. The lowest BCUT2D eigenvalue weighted by Gasteiger charge is -2.28. The van der Waals surface area contributed by atoms with Crippen LogP contribution in [0.15, 0.2) is 48.7 Å². The molecule has 1 saturated heterocycles. The van der Waals surface area contributed by atoms with Gasteiger partial charge in [0, 0.05) is 35.9 Å². The van der Waals surface area contributed by atoms with E-state index < -0.39 is 11.8 Å². The molecular weight excluding hydrogens is 561 g/mol. The van der Waals surface area contributed by atoms with Crippen molar-refractivity contribution in [1.82, 2.24) is 24.5 Å².